The van der Waals surface area contributed by atoms with Gasteiger partial charge in [-0.2, -0.15) is 0 Å². The van der Waals surface area contributed by atoms with Gasteiger partial charge in [-0.25, -0.2) is 0 Å². The number of benzene rings is 1. The normalized spacial score (nSPS) is 17.7. The number of alkyl halides is 3. The lowest BCUT2D eigenvalue weighted by atomic mass is 10.1. The van der Waals surface area contributed by atoms with Gasteiger partial charge >= 0.3 is 6.36 Å². The number of amides is 1. The molecule has 0 radical (unpaired) electrons. The molecule has 2 N–H and O–H groups in total. The van der Waals surface area contributed by atoms with E-state index in [0.717, 1.165) is 38.1 Å². The van der Waals surface area contributed by atoms with Crippen LogP contribution >= 0.6 is 12.4 Å². The van der Waals surface area contributed by atoms with Gasteiger partial charge in [0, 0.05) is 12.1 Å². The van der Waals surface area contributed by atoms with Gasteiger partial charge in [-0.15, -0.1) is 25.6 Å². The van der Waals surface area contributed by atoms with E-state index in [2.05, 4.69) is 15.4 Å². The number of halogens is 4. The van der Waals surface area contributed by atoms with Gasteiger partial charge in [-0.3, -0.25) is 4.79 Å². The highest BCUT2D eigenvalue weighted by atomic mass is 35.5. The minimum absolute atomic E-state index is 0. The van der Waals surface area contributed by atoms with Crippen LogP contribution in [0.3, 0.4) is 0 Å². The number of carbonyl (C=O) groups is 1. The second kappa shape index (κ2) is 8.24. The van der Waals surface area contributed by atoms with Crippen molar-refractivity contribution in [3.63, 3.8) is 0 Å². The third-order valence-corrected chi connectivity index (χ3v) is 3.35. The number of ether oxygens (including phenoxy) is 1. The van der Waals surface area contributed by atoms with Crippen LogP contribution < -0.4 is 15.4 Å². The molecular formula is C14H18ClF3N2O2. The smallest absolute Gasteiger partial charge is 0.406 e. The van der Waals surface area contributed by atoms with E-state index in [1.165, 1.54) is 12.1 Å². The maximum atomic E-state index is 12.0. The van der Waals surface area contributed by atoms with Crippen LogP contribution in [0.4, 0.5) is 13.2 Å². The maximum absolute atomic E-state index is 12.0. The summed E-state index contributed by atoms with van der Waals surface area (Å²) in [4.78, 5) is 11.8. The zero-order chi connectivity index (χ0) is 15.3. The zero-order valence-corrected chi connectivity index (χ0v) is 12.6. The molecule has 2 rings (SSSR count). The third kappa shape index (κ3) is 6.11. The highest BCUT2D eigenvalue weighted by Gasteiger charge is 2.31. The summed E-state index contributed by atoms with van der Waals surface area (Å²) in [5.41, 5.74) is 0.314. The summed E-state index contributed by atoms with van der Waals surface area (Å²) < 4.78 is 39.8. The Morgan fingerprint density at radius 2 is 2.00 bits per heavy atom. The monoisotopic (exact) mass is 338 g/mol. The highest BCUT2D eigenvalue weighted by Crippen LogP contribution is 2.22. The SMILES string of the molecule is Cl.O=C(NCCC1CCNC1)c1ccc(OC(F)(F)F)cc1. The molecule has 0 bridgehead atoms. The number of rotatable bonds is 5. The lowest BCUT2D eigenvalue weighted by molar-refractivity contribution is -0.274. The van der Waals surface area contributed by atoms with Crippen LogP contribution in [-0.2, 0) is 0 Å². The van der Waals surface area contributed by atoms with Gasteiger partial charge in [0.1, 0.15) is 5.75 Å². The molecule has 0 saturated carbocycles. The summed E-state index contributed by atoms with van der Waals surface area (Å²) in [6.07, 6.45) is -2.72. The summed E-state index contributed by atoms with van der Waals surface area (Å²) in [6, 6.07) is 4.88. The molecule has 1 amide bonds. The Hall–Kier alpha value is -1.47. The summed E-state index contributed by atoms with van der Waals surface area (Å²) in [5.74, 6) is -0.0524. The fraction of sp³-hybridized carbons (Fsp3) is 0.500. The number of carbonyl (C=O) groups excluding carboxylic acids is 1. The lowest BCUT2D eigenvalue weighted by Crippen LogP contribution is -2.26. The Labute approximate surface area is 132 Å². The predicted molar refractivity (Wildman–Crippen MR) is 78.3 cm³/mol. The molecule has 1 fully saturated rings. The Morgan fingerprint density at radius 1 is 1.32 bits per heavy atom. The molecule has 1 aromatic carbocycles. The van der Waals surface area contributed by atoms with Crippen LogP contribution in [0.2, 0.25) is 0 Å². The van der Waals surface area contributed by atoms with E-state index in [-0.39, 0.29) is 24.1 Å². The fourth-order valence-electron chi connectivity index (χ4n) is 2.26. The van der Waals surface area contributed by atoms with Crippen molar-refractivity contribution in [2.75, 3.05) is 19.6 Å². The first kappa shape index (κ1) is 18.6. The minimum Gasteiger partial charge on any atom is -0.406 e. The van der Waals surface area contributed by atoms with E-state index in [1.807, 2.05) is 0 Å². The van der Waals surface area contributed by atoms with Crippen molar-refractivity contribution in [1.29, 1.82) is 0 Å². The largest absolute Gasteiger partial charge is 0.573 e. The topological polar surface area (TPSA) is 50.4 Å². The van der Waals surface area contributed by atoms with E-state index in [0.29, 0.717) is 18.0 Å². The van der Waals surface area contributed by atoms with Gasteiger partial charge in [-0.1, -0.05) is 0 Å². The van der Waals surface area contributed by atoms with E-state index >= 15 is 0 Å². The Balaban J connectivity index is 0.00000242. The minimum atomic E-state index is -4.72. The first-order chi connectivity index (χ1) is 9.94. The Morgan fingerprint density at radius 3 is 2.55 bits per heavy atom. The van der Waals surface area contributed by atoms with E-state index in [4.69, 9.17) is 0 Å². The molecule has 1 unspecified atom stereocenters. The van der Waals surface area contributed by atoms with Crippen LogP contribution in [-0.4, -0.2) is 31.9 Å². The van der Waals surface area contributed by atoms with Crippen molar-refractivity contribution < 1.29 is 22.7 Å². The predicted octanol–water partition coefficient (Wildman–Crippen LogP) is 2.74. The van der Waals surface area contributed by atoms with Crippen molar-refractivity contribution in [2.24, 2.45) is 5.92 Å². The molecule has 0 aromatic heterocycles. The standard InChI is InChI=1S/C14H17F3N2O2.ClH/c15-14(16,17)21-12-3-1-11(2-4-12)13(20)19-8-6-10-5-7-18-9-10;/h1-4,10,18H,5-9H2,(H,19,20);1H. The lowest BCUT2D eigenvalue weighted by Gasteiger charge is -2.11. The number of hydrogen-bond donors (Lipinski definition) is 2. The van der Waals surface area contributed by atoms with E-state index in [1.54, 1.807) is 0 Å². The number of hydrogen-bond acceptors (Lipinski definition) is 3. The summed E-state index contributed by atoms with van der Waals surface area (Å²) in [5, 5.41) is 6.01. The van der Waals surface area contributed by atoms with Gasteiger partial charge in [-0.05, 0) is 56.1 Å². The quantitative estimate of drug-likeness (QED) is 0.868. The fourth-order valence-corrected chi connectivity index (χ4v) is 2.26. The van der Waals surface area contributed by atoms with Crippen molar-refractivity contribution in [3.05, 3.63) is 29.8 Å². The molecule has 22 heavy (non-hydrogen) atoms. The van der Waals surface area contributed by atoms with Crippen molar-refractivity contribution in [2.45, 2.75) is 19.2 Å². The van der Waals surface area contributed by atoms with E-state index < -0.39 is 6.36 Å². The average molecular weight is 339 g/mol. The molecule has 0 spiro atoms. The van der Waals surface area contributed by atoms with Crippen LogP contribution in [0.15, 0.2) is 24.3 Å². The molecule has 1 aliphatic heterocycles. The second-order valence-corrected chi connectivity index (χ2v) is 4.98. The third-order valence-electron chi connectivity index (χ3n) is 3.35. The molecule has 1 atom stereocenters. The maximum Gasteiger partial charge on any atom is 0.573 e. The second-order valence-electron chi connectivity index (χ2n) is 4.98. The molecule has 124 valence electrons. The molecule has 0 aliphatic carbocycles. The average Bonchev–Trinajstić information content (AvgIpc) is 2.91. The van der Waals surface area contributed by atoms with Gasteiger partial charge < -0.3 is 15.4 Å². The highest BCUT2D eigenvalue weighted by molar-refractivity contribution is 5.94. The van der Waals surface area contributed by atoms with Crippen LogP contribution in [0.5, 0.6) is 5.75 Å². The first-order valence-corrected chi connectivity index (χ1v) is 6.79. The molecule has 1 aliphatic rings. The van der Waals surface area contributed by atoms with Gasteiger partial charge in [0.15, 0.2) is 0 Å². The molecular weight excluding hydrogens is 321 g/mol. The Bertz CT molecular complexity index is 474. The van der Waals surface area contributed by atoms with Gasteiger partial charge in [0.25, 0.3) is 5.91 Å². The van der Waals surface area contributed by atoms with Crippen molar-refractivity contribution >= 4 is 18.3 Å². The summed E-state index contributed by atoms with van der Waals surface area (Å²) in [7, 11) is 0. The van der Waals surface area contributed by atoms with Crippen molar-refractivity contribution in [3.8, 4) is 5.75 Å². The van der Waals surface area contributed by atoms with Gasteiger partial charge in [0.05, 0.1) is 0 Å². The van der Waals surface area contributed by atoms with Crippen molar-refractivity contribution in [1.82, 2.24) is 10.6 Å². The summed E-state index contributed by atoms with van der Waals surface area (Å²) in [6.45, 7) is 2.55. The van der Waals surface area contributed by atoms with Gasteiger partial charge in [0.2, 0.25) is 0 Å². The van der Waals surface area contributed by atoms with E-state index in [9.17, 15) is 18.0 Å². The number of nitrogens with one attached hydrogen (secondary N) is 2. The van der Waals surface area contributed by atoms with Crippen LogP contribution in [0.25, 0.3) is 0 Å². The van der Waals surface area contributed by atoms with Crippen LogP contribution in [0.1, 0.15) is 23.2 Å². The van der Waals surface area contributed by atoms with Crippen LogP contribution in [0, 0.1) is 5.92 Å². The molecule has 1 saturated heterocycles. The zero-order valence-electron chi connectivity index (χ0n) is 11.8. The molecule has 8 heteroatoms. The Kier molecular flexibility index (Phi) is 6.96. The molecule has 4 nitrogen and oxygen atoms in total. The first-order valence-electron chi connectivity index (χ1n) is 6.79. The molecule has 1 aromatic rings. The molecule has 1 heterocycles. The summed E-state index contributed by atoms with van der Waals surface area (Å²) >= 11 is 0.